The number of hydrogen-bond acceptors (Lipinski definition) is 4. The molecular weight excluding hydrogens is 342 g/mol. The number of thiophene rings is 1. The highest BCUT2D eigenvalue weighted by Gasteiger charge is 2.19. The van der Waals surface area contributed by atoms with Crippen molar-refractivity contribution < 1.29 is 0 Å². The molecule has 0 spiro atoms. The van der Waals surface area contributed by atoms with Crippen LogP contribution in [0.5, 0.6) is 0 Å². The van der Waals surface area contributed by atoms with E-state index in [2.05, 4.69) is 11.0 Å². The van der Waals surface area contributed by atoms with Gasteiger partial charge in [0.1, 0.15) is 10.5 Å². The van der Waals surface area contributed by atoms with Crippen molar-refractivity contribution in [2.45, 2.75) is 26.4 Å². The van der Waals surface area contributed by atoms with Crippen LogP contribution in [0, 0.1) is 6.92 Å². The van der Waals surface area contributed by atoms with Crippen LogP contribution < -0.4 is 5.56 Å². The number of rotatable bonds is 2. The summed E-state index contributed by atoms with van der Waals surface area (Å²) in [4.78, 5) is 19.9. The molecule has 0 unspecified atom stereocenters. The predicted molar refractivity (Wildman–Crippen MR) is 99.1 cm³/mol. The first-order valence-corrected chi connectivity index (χ1v) is 9.32. The van der Waals surface area contributed by atoms with E-state index in [1.165, 1.54) is 11.3 Å². The van der Waals surface area contributed by atoms with E-state index in [1.807, 2.05) is 35.1 Å². The second-order valence-corrected chi connectivity index (χ2v) is 7.49. The van der Waals surface area contributed by atoms with Gasteiger partial charge in [0.15, 0.2) is 0 Å². The zero-order chi connectivity index (χ0) is 16.7. The van der Waals surface area contributed by atoms with Gasteiger partial charge < -0.3 is 0 Å². The van der Waals surface area contributed by atoms with Crippen LogP contribution in [0.3, 0.4) is 0 Å². The Morgan fingerprint density at radius 2 is 2.08 bits per heavy atom. The summed E-state index contributed by atoms with van der Waals surface area (Å²) in [5.41, 5.74) is 3.19. The van der Waals surface area contributed by atoms with Crippen LogP contribution in [-0.4, -0.2) is 27.5 Å². The maximum absolute atomic E-state index is 12.8. The maximum atomic E-state index is 12.8. The third kappa shape index (κ3) is 2.77. The molecule has 0 fully saturated rings. The van der Waals surface area contributed by atoms with Crippen LogP contribution >= 0.6 is 22.9 Å². The number of benzene rings is 1. The lowest BCUT2D eigenvalue weighted by Gasteiger charge is -2.19. The van der Waals surface area contributed by atoms with Gasteiger partial charge in [-0.25, -0.2) is 4.98 Å². The zero-order valence-electron chi connectivity index (χ0n) is 13.5. The van der Waals surface area contributed by atoms with Crippen molar-refractivity contribution >= 4 is 33.2 Å². The fourth-order valence-electron chi connectivity index (χ4n) is 3.22. The van der Waals surface area contributed by atoms with E-state index in [1.54, 1.807) is 0 Å². The first-order chi connectivity index (χ1) is 11.6. The van der Waals surface area contributed by atoms with Gasteiger partial charge in [-0.1, -0.05) is 29.8 Å². The first kappa shape index (κ1) is 15.8. The second-order valence-electron chi connectivity index (χ2n) is 6.20. The second kappa shape index (κ2) is 6.31. The Hall–Kier alpha value is -1.69. The molecule has 24 heavy (non-hydrogen) atoms. The Bertz CT molecular complexity index is 963. The van der Waals surface area contributed by atoms with Gasteiger partial charge in [-0.2, -0.15) is 0 Å². The Morgan fingerprint density at radius 1 is 1.25 bits per heavy atom. The van der Waals surface area contributed by atoms with Crippen molar-refractivity contribution in [1.82, 2.24) is 14.5 Å². The molecule has 3 aromatic rings. The summed E-state index contributed by atoms with van der Waals surface area (Å²) >= 11 is 7.78. The third-order valence-corrected chi connectivity index (χ3v) is 6.02. The first-order valence-electron chi connectivity index (χ1n) is 8.07. The molecule has 6 heteroatoms. The minimum Gasteiger partial charge on any atom is -0.297 e. The van der Waals surface area contributed by atoms with Gasteiger partial charge in [0.2, 0.25) is 0 Å². The summed E-state index contributed by atoms with van der Waals surface area (Å²) in [6.45, 7) is 5.21. The fourth-order valence-corrected chi connectivity index (χ4v) is 4.35. The van der Waals surface area contributed by atoms with Crippen LogP contribution in [0.25, 0.3) is 10.2 Å². The SMILES string of the molecule is Cc1csc2c(=O)n3c(nc12)CCN(Cc1ccccc1Cl)CC3. The van der Waals surface area contributed by atoms with Gasteiger partial charge in [0.05, 0.1) is 5.52 Å². The van der Waals surface area contributed by atoms with Gasteiger partial charge in [-0.3, -0.25) is 14.3 Å². The van der Waals surface area contributed by atoms with Crippen LogP contribution in [0.4, 0.5) is 0 Å². The van der Waals surface area contributed by atoms with Crippen molar-refractivity contribution in [3.05, 3.63) is 62.0 Å². The molecule has 0 atom stereocenters. The fraction of sp³-hybridized carbons (Fsp3) is 0.333. The van der Waals surface area contributed by atoms with E-state index in [0.717, 1.165) is 58.2 Å². The van der Waals surface area contributed by atoms with E-state index < -0.39 is 0 Å². The van der Waals surface area contributed by atoms with Gasteiger partial charge in [-0.05, 0) is 29.5 Å². The standard InChI is InChI=1S/C18H18ClN3OS/c1-12-11-24-17-16(12)20-15-6-7-21(8-9-22(15)18(17)23)10-13-4-2-3-5-14(13)19/h2-5,11H,6-10H2,1H3. The predicted octanol–water partition coefficient (Wildman–Crippen LogP) is 3.48. The van der Waals surface area contributed by atoms with Crippen molar-refractivity contribution in [3.63, 3.8) is 0 Å². The molecule has 0 radical (unpaired) electrons. The minimum absolute atomic E-state index is 0.104. The summed E-state index contributed by atoms with van der Waals surface area (Å²) in [6, 6.07) is 7.94. The molecule has 0 amide bonds. The molecule has 3 heterocycles. The van der Waals surface area contributed by atoms with Crippen LogP contribution in [-0.2, 0) is 19.5 Å². The largest absolute Gasteiger partial charge is 0.297 e. The van der Waals surface area contributed by atoms with E-state index in [-0.39, 0.29) is 5.56 Å². The van der Waals surface area contributed by atoms with Crippen LogP contribution in [0.1, 0.15) is 17.0 Å². The molecule has 1 aliphatic rings. The summed E-state index contributed by atoms with van der Waals surface area (Å²) in [5, 5.41) is 2.81. The summed E-state index contributed by atoms with van der Waals surface area (Å²) in [6.07, 6.45) is 0.783. The normalized spacial score (nSPS) is 15.4. The minimum atomic E-state index is 0.104. The molecule has 0 N–H and O–H groups in total. The smallest absolute Gasteiger partial charge is 0.271 e. The topological polar surface area (TPSA) is 38.1 Å². The maximum Gasteiger partial charge on any atom is 0.271 e. The Morgan fingerprint density at radius 3 is 2.92 bits per heavy atom. The Balaban J connectivity index is 1.62. The van der Waals surface area contributed by atoms with Crippen molar-refractivity contribution in [2.24, 2.45) is 0 Å². The van der Waals surface area contributed by atoms with Gasteiger partial charge >= 0.3 is 0 Å². The lowest BCUT2D eigenvalue weighted by molar-refractivity contribution is 0.271. The van der Waals surface area contributed by atoms with Crippen LogP contribution in [0.2, 0.25) is 5.02 Å². The monoisotopic (exact) mass is 359 g/mol. The highest BCUT2D eigenvalue weighted by Crippen LogP contribution is 2.22. The zero-order valence-corrected chi connectivity index (χ0v) is 15.0. The molecule has 1 aliphatic heterocycles. The van der Waals surface area contributed by atoms with Crippen molar-refractivity contribution in [1.29, 1.82) is 0 Å². The van der Waals surface area contributed by atoms with Crippen LogP contribution in [0.15, 0.2) is 34.4 Å². The van der Waals surface area contributed by atoms with Gasteiger partial charge in [0, 0.05) is 37.6 Å². The number of fused-ring (bicyclic) bond motifs is 2. The summed E-state index contributed by atoms with van der Waals surface area (Å²) in [5.74, 6) is 0.899. The molecule has 124 valence electrons. The molecule has 0 aliphatic carbocycles. The summed E-state index contributed by atoms with van der Waals surface area (Å²) < 4.78 is 2.63. The van der Waals surface area contributed by atoms with E-state index >= 15 is 0 Å². The highest BCUT2D eigenvalue weighted by atomic mass is 35.5. The van der Waals surface area contributed by atoms with Gasteiger partial charge in [-0.15, -0.1) is 11.3 Å². The van der Waals surface area contributed by atoms with Crippen molar-refractivity contribution in [3.8, 4) is 0 Å². The van der Waals surface area contributed by atoms with Crippen molar-refractivity contribution in [2.75, 3.05) is 13.1 Å². The molecule has 2 aromatic heterocycles. The Kier molecular flexibility index (Phi) is 4.16. The number of halogens is 1. The van der Waals surface area contributed by atoms with E-state index in [0.29, 0.717) is 6.54 Å². The Labute approximate surface area is 149 Å². The lowest BCUT2D eigenvalue weighted by atomic mass is 10.2. The highest BCUT2D eigenvalue weighted by molar-refractivity contribution is 7.17. The number of nitrogens with zero attached hydrogens (tertiary/aromatic N) is 3. The quantitative estimate of drug-likeness (QED) is 0.703. The molecule has 1 aromatic carbocycles. The summed E-state index contributed by atoms with van der Waals surface area (Å²) in [7, 11) is 0. The number of aromatic nitrogens is 2. The number of aryl methyl sites for hydroxylation is 1. The molecule has 0 saturated carbocycles. The third-order valence-electron chi connectivity index (χ3n) is 4.58. The molecule has 4 rings (SSSR count). The number of hydrogen-bond donors (Lipinski definition) is 0. The average molecular weight is 360 g/mol. The van der Waals surface area contributed by atoms with Gasteiger partial charge in [0.25, 0.3) is 5.56 Å². The van der Waals surface area contributed by atoms with E-state index in [4.69, 9.17) is 16.6 Å². The molecule has 0 bridgehead atoms. The molecule has 0 saturated heterocycles. The molecule has 4 nitrogen and oxygen atoms in total. The molecular formula is C18H18ClN3OS. The average Bonchev–Trinajstić information content (AvgIpc) is 2.82. The lowest BCUT2D eigenvalue weighted by Crippen LogP contribution is -2.28. The van der Waals surface area contributed by atoms with E-state index in [9.17, 15) is 4.79 Å².